The Balaban J connectivity index is 1.80. The largest absolute Gasteiger partial charge is 0.480 e. The minimum Gasteiger partial charge on any atom is -0.480 e. The van der Waals surface area contributed by atoms with Crippen molar-refractivity contribution in [2.24, 2.45) is 10.3 Å². The first-order valence-electron chi connectivity index (χ1n) is 7.12. The van der Waals surface area contributed by atoms with Crippen LogP contribution in [0.25, 0.3) is 0 Å². The van der Waals surface area contributed by atoms with Gasteiger partial charge < -0.3 is 14.4 Å². The average molecular weight is 395 g/mol. The van der Waals surface area contributed by atoms with Gasteiger partial charge in [-0.3, -0.25) is 4.79 Å². The third-order valence-electron chi connectivity index (χ3n) is 2.84. The van der Waals surface area contributed by atoms with Crippen molar-refractivity contribution in [3.63, 3.8) is 0 Å². The molecule has 0 N–H and O–H groups in total. The molecule has 0 aliphatic rings. The first kappa shape index (κ1) is 19.4. The second kappa shape index (κ2) is 10.2. The van der Waals surface area contributed by atoms with Crippen molar-refractivity contribution in [1.82, 2.24) is 0 Å². The second-order valence-electron chi connectivity index (χ2n) is 4.66. The van der Waals surface area contributed by atoms with Gasteiger partial charge in [0.2, 0.25) is 0 Å². The molecule has 9 heteroatoms. The number of benzene rings is 2. The second-order valence-corrected chi connectivity index (χ2v) is 5.51. The monoisotopic (exact) mass is 394 g/mol. The van der Waals surface area contributed by atoms with Crippen LogP contribution in [-0.2, 0) is 19.3 Å². The van der Waals surface area contributed by atoms with Crippen LogP contribution in [0.15, 0.2) is 52.8 Å². The van der Waals surface area contributed by atoms with Gasteiger partial charge in [0.05, 0.1) is 17.5 Å². The van der Waals surface area contributed by atoms with E-state index >= 15 is 0 Å². The molecule has 0 atom stereocenters. The number of oxime groups is 2. The van der Waals surface area contributed by atoms with E-state index < -0.39 is 5.97 Å². The lowest BCUT2D eigenvalue weighted by atomic mass is 10.2. The highest BCUT2D eigenvalue weighted by atomic mass is 35.5. The maximum absolute atomic E-state index is 11.6. The van der Waals surface area contributed by atoms with Crippen LogP contribution in [0, 0.1) is 0 Å². The number of hydrogen-bond acceptors (Lipinski definition) is 7. The van der Waals surface area contributed by atoms with Crippen LogP contribution in [0.3, 0.4) is 0 Å². The van der Waals surface area contributed by atoms with Crippen LogP contribution < -0.4 is 4.74 Å². The molecule has 0 saturated heterocycles. The van der Waals surface area contributed by atoms with Crippen LogP contribution in [0.4, 0.5) is 0 Å². The topological polar surface area (TPSA) is 86.5 Å². The van der Waals surface area contributed by atoms with Crippen LogP contribution >= 0.6 is 23.2 Å². The third-order valence-corrected chi connectivity index (χ3v) is 3.37. The molecular weight excluding hydrogens is 383 g/mol. The number of hydrogen-bond donors (Lipinski definition) is 0. The zero-order chi connectivity index (χ0) is 18.8. The fourth-order valence-electron chi connectivity index (χ4n) is 1.69. The number of carbonyl (C=O) groups excluding carboxylic acids is 2. The maximum atomic E-state index is 11.6. The highest BCUT2D eigenvalue weighted by Gasteiger charge is 2.07. The minimum atomic E-state index is -0.693. The molecule has 7 nitrogen and oxygen atoms in total. The summed E-state index contributed by atoms with van der Waals surface area (Å²) in [5.41, 5.74) is 1.40. The van der Waals surface area contributed by atoms with E-state index in [4.69, 9.17) is 32.8 Å². The van der Waals surface area contributed by atoms with E-state index in [0.717, 1.165) is 0 Å². The van der Waals surface area contributed by atoms with Gasteiger partial charge in [-0.05, 0) is 29.3 Å². The smallest absolute Gasteiger partial charge is 0.372 e. The summed E-state index contributed by atoms with van der Waals surface area (Å²) in [7, 11) is 0. The van der Waals surface area contributed by atoms with Crippen LogP contribution in [0.1, 0.15) is 11.1 Å². The van der Waals surface area contributed by atoms with Gasteiger partial charge in [0.15, 0.2) is 6.61 Å². The van der Waals surface area contributed by atoms with Crippen molar-refractivity contribution in [1.29, 1.82) is 0 Å². The molecule has 26 heavy (non-hydrogen) atoms. The van der Waals surface area contributed by atoms with Gasteiger partial charge in [-0.2, -0.15) is 0 Å². The van der Waals surface area contributed by atoms with Gasteiger partial charge in [-0.1, -0.05) is 57.8 Å². The molecule has 0 amide bonds. The maximum Gasteiger partial charge on any atom is 0.372 e. The van der Waals surface area contributed by atoms with Gasteiger partial charge in [-0.15, -0.1) is 0 Å². The van der Waals surface area contributed by atoms with Crippen molar-refractivity contribution >= 4 is 48.1 Å². The molecule has 2 rings (SSSR count). The lowest BCUT2D eigenvalue weighted by molar-refractivity contribution is -0.145. The molecule has 0 heterocycles. The summed E-state index contributed by atoms with van der Waals surface area (Å²) in [6, 6.07) is 11.5. The van der Waals surface area contributed by atoms with E-state index in [1.165, 1.54) is 18.5 Å². The quantitative estimate of drug-likeness (QED) is 0.296. The predicted molar refractivity (Wildman–Crippen MR) is 96.8 cm³/mol. The molecule has 2 aromatic rings. The highest BCUT2D eigenvalue weighted by Crippen LogP contribution is 2.27. The SMILES string of the molecule is O=CO/N=C/c1ccc(/C=N/OC(=O)COc2ccc(Cl)cc2Cl)cc1. The van der Waals surface area contributed by atoms with Gasteiger partial charge in [0.25, 0.3) is 0 Å². The highest BCUT2D eigenvalue weighted by molar-refractivity contribution is 6.35. The number of nitrogens with zero attached hydrogens (tertiary/aromatic N) is 2. The Labute approximate surface area is 158 Å². The zero-order valence-corrected chi connectivity index (χ0v) is 14.7. The Bertz CT molecular complexity index is 822. The molecule has 0 bridgehead atoms. The fraction of sp³-hybridized carbons (Fsp3) is 0.0588. The lowest BCUT2D eigenvalue weighted by Gasteiger charge is -2.06. The van der Waals surface area contributed by atoms with E-state index in [2.05, 4.69) is 15.1 Å². The first-order chi connectivity index (χ1) is 12.6. The van der Waals surface area contributed by atoms with Crippen molar-refractivity contribution < 1.29 is 24.0 Å². The summed E-state index contributed by atoms with van der Waals surface area (Å²) < 4.78 is 5.23. The summed E-state index contributed by atoms with van der Waals surface area (Å²) >= 11 is 11.7. The molecule has 0 fully saturated rings. The Hall–Kier alpha value is -2.90. The number of rotatable bonds is 8. The number of ether oxygens (including phenoxy) is 1. The molecule has 0 aliphatic heterocycles. The summed E-state index contributed by atoms with van der Waals surface area (Å²) in [6.45, 7) is -0.138. The molecule has 0 aromatic heterocycles. The van der Waals surface area contributed by atoms with Crippen molar-refractivity contribution in [2.45, 2.75) is 0 Å². The molecule has 0 spiro atoms. The van der Waals surface area contributed by atoms with Crippen molar-refractivity contribution in [2.75, 3.05) is 6.61 Å². The number of halogens is 2. The predicted octanol–water partition coefficient (Wildman–Crippen LogP) is 3.46. The Morgan fingerprint density at radius 3 is 2.27 bits per heavy atom. The summed E-state index contributed by atoms with van der Waals surface area (Å²) in [4.78, 5) is 30.5. The molecule has 0 radical (unpaired) electrons. The summed E-state index contributed by atoms with van der Waals surface area (Å²) in [5, 5.41) is 7.74. The summed E-state index contributed by atoms with van der Waals surface area (Å²) in [5.74, 6) is -0.380. The number of carbonyl (C=O) groups is 2. The molecule has 0 aliphatic carbocycles. The normalized spacial score (nSPS) is 10.8. The van der Waals surface area contributed by atoms with Crippen LogP contribution in [0.2, 0.25) is 10.0 Å². The van der Waals surface area contributed by atoms with Crippen LogP contribution in [-0.4, -0.2) is 31.5 Å². The van der Waals surface area contributed by atoms with Gasteiger partial charge >= 0.3 is 12.4 Å². The zero-order valence-electron chi connectivity index (χ0n) is 13.2. The van der Waals surface area contributed by atoms with Gasteiger partial charge in [0.1, 0.15) is 5.75 Å². The van der Waals surface area contributed by atoms with E-state index in [1.807, 2.05) is 0 Å². The van der Waals surface area contributed by atoms with Gasteiger partial charge in [0, 0.05) is 5.02 Å². The Kier molecular flexibility index (Phi) is 7.60. The Morgan fingerprint density at radius 1 is 1.00 bits per heavy atom. The Morgan fingerprint density at radius 2 is 1.65 bits per heavy atom. The van der Waals surface area contributed by atoms with Crippen LogP contribution in [0.5, 0.6) is 5.75 Å². The molecule has 2 aromatic carbocycles. The average Bonchev–Trinajstić information content (AvgIpc) is 2.62. The van der Waals surface area contributed by atoms with E-state index in [9.17, 15) is 9.59 Å². The van der Waals surface area contributed by atoms with E-state index in [1.54, 1.807) is 36.4 Å². The van der Waals surface area contributed by atoms with Crippen molar-refractivity contribution in [3.8, 4) is 5.75 Å². The summed E-state index contributed by atoms with van der Waals surface area (Å²) in [6.07, 6.45) is 2.73. The minimum absolute atomic E-state index is 0.219. The molecule has 0 unspecified atom stereocenters. The standard InChI is InChI=1S/C17H12Cl2N2O5/c18-14-5-6-16(15(19)7-14)24-10-17(23)26-21-9-13-3-1-12(2-4-13)8-20-25-11-22/h1-9,11H,10H2/b20-8+,21-9+. The van der Waals surface area contributed by atoms with E-state index in [0.29, 0.717) is 21.9 Å². The lowest BCUT2D eigenvalue weighted by Crippen LogP contribution is -2.12. The van der Waals surface area contributed by atoms with Crippen molar-refractivity contribution in [3.05, 3.63) is 63.6 Å². The molecule has 134 valence electrons. The van der Waals surface area contributed by atoms with E-state index in [-0.39, 0.29) is 18.1 Å². The third kappa shape index (κ3) is 6.54. The van der Waals surface area contributed by atoms with Gasteiger partial charge in [-0.25, -0.2) is 4.79 Å². The molecular formula is C17H12Cl2N2O5. The molecule has 0 saturated carbocycles. The fourth-order valence-corrected chi connectivity index (χ4v) is 2.15. The first-order valence-corrected chi connectivity index (χ1v) is 7.88.